The summed E-state index contributed by atoms with van der Waals surface area (Å²) in [5, 5.41) is 24.9. The molecule has 0 spiro atoms. The molecule has 3 aromatic rings. The van der Waals surface area contributed by atoms with Crippen molar-refractivity contribution < 1.29 is 19.2 Å². The normalized spacial score (nSPS) is 10.4. The number of nitrogens with one attached hydrogen (secondary N) is 2. The van der Waals surface area contributed by atoms with E-state index in [1.807, 2.05) is 0 Å². The molecule has 2 aromatic carbocycles. The number of rotatable bonds is 9. The average Bonchev–Trinajstić information content (AvgIpc) is 3.15. The van der Waals surface area contributed by atoms with Crippen molar-refractivity contribution in [1.82, 2.24) is 20.1 Å². The largest absolute Gasteiger partial charge is 0.497 e. The first-order valence-corrected chi connectivity index (χ1v) is 10.3. The third kappa shape index (κ3) is 5.82. The topological polar surface area (TPSA) is 141 Å². The van der Waals surface area contributed by atoms with E-state index < -0.39 is 10.8 Å². The molecule has 0 atom stereocenters. The van der Waals surface area contributed by atoms with E-state index in [2.05, 4.69) is 20.8 Å². The summed E-state index contributed by atoms with van der Waals surface area (Å²) >= 11 is 1.20. The number of hydrogen-bond donors (Lipinski definition) is 2. The molecule has 11 nitrogen and oxygen atoms in total. The molecule has 0 saturated carbocycles. The second-order valence-corrected chi connectivity index (χ2v) is 7.46. The molecule has 166 valence electrons. The number of non-ortho nitro benzene ring substituents is 1. The monoisotopic (exact) mass is 456 g/mol. The standard InChI is InChI=1S/C20H20N6O5S/c1-25-17(11-21-19(28)13-4-3-5-15(10-13)26(29)30)23-24-20(25)32-12-18(27)22-14-6-8-16(31-2)9-7-14/h3-10H,11-12H2,1-2H3,(H,21,28)(H,22,27). The molecule has 0 bridgehead atoms. The number of anilines is 1. The van der Waals surface area contributed by atoms with E-state index in [1.165, 1.54) is 36.0 Å². The highest BCUT2D eigenvalue weighted by Gasteiger charge is 2.15. The Morgan fingerprint density at radius 3 is 2.62 bits per heavy atom. The first kappa shape index (κ1) is 22.7. The van der Waals surface area contributed by atoms with Gasteiger partial charge in [0.25, 0.3) is 11.6 Å². The number of nitrogens with zero attached hydrogens (tertiary/aromatic N) is 4. The van der Waals surface area contributed by atoms with Crippen LogP contribution in [0.2, 0.25) is 0 Å². The Morgan fingerprint density at radius 1 is 1.19 bits per heavy atom. The van der Waals surface area contributed by atoms with Crippen molar-refractivity contribution in [2.45, 2.75) is 11.7 Å². The molecule has 2 amide bonds. The molecule has 1 heterocycles. The number of thioether (sulfide) groups is 1. The Labute approximate surface area is 187 Å². The van der Waals surface area contributed by atoms with Gasteiger partial charge in [-0.2, -0.15) is 0 Å². The van der Waals surface area contributed by atoms with Crippen LogP contribution >= 0.6 is 11.8 Å². The summed E-state index contributed by atoms with van der Waals surface area (Å²) < 4.78 is 6.75. The van der Waals surface area contributed by atoms with E-state index >= 15 is 0 Å². The molecule has 3 rings (SSSR count). The number of benzene rings is 2. The second kappa shape index (κ2) is 10.4. The minimum Gasteiger partial charge on any atom is -0.497 e. The fraction of sp³-hybridized carbons (Fsp3) is 0.200. The highest BCUT2D eigenvalue weighted by atomic mass is 32.2. The summed E-state index contributed by atoms with van der Waals surface area (Å²) in [5.41, 5.74) is 0.660. The molecule has 0 aliphatic carbocycles. The summed E-state index contributed by atoms with van der Waals surface area (Å²) in [5.74, 6) is 0.620. The van der Waals surface area contributed by atoms with Crippen LogP contribution in [0.3, 0.4) is 0 Å². The van der Waals surface area contributed by atoms with Gasteiger partial charge in [0.15, 0.2) is 11.0 Å². The lowest BCUT2D eigenvalue weighted by Crippen LogP contribution is -2.24. The van der Waals surface area contributed by atoms with Gasteiger partial charge in [-0.15, -0.1) is 10.2 Å². The highest BCUT2D eigenvalue weighted by Crippen LogP contribution is 2.18. The van der Waals surface area contributed by atoms with Gasteiger partial charge in [0.05, 0.1) is 24.3 Å². The predicted octanol–water partition coefficient (Wildman–Crippen LogP) is 2.39. The van der Waals surface area contributed by atoms with Crippen molar-refractivity contribution >= 4 is 35.0 Å². The quantitative estimate of drug-likeness (QED) is 0.284. The van der Waals surface area contributed by atoms with Gasteiger partial charge >= 0.3 is 0 Å². The molecule has 1 aromatic heterocycles. The van der Waals surface area contributed by atoms with E-state index in [4.69, 9.17) is 4.74 Å². The van der Waals surface area contributed by atoms with Crippen LogP contribution in [0.1, 0.15) is 16.2 Å². The lowest BCUT2D eigenvalue weighted by Gasteiger charge is -2.07. The third-order valence-corrected chi connectivity index (χ3v) is 5.38. The summed E-state index contributed by atoms with van der Waals surface area (Å²) in [6.07, 6.45) is 0. The lowest BCUT2D eigenvalue weighted by atomic mass is 10.2. The Bertz CT molecular complexity index is 1130. The van der Waals surface area contributed by atoms with Crippen molar-refractivity contribution in [1.29, 1.82) is 0 Å². The molecule has 0 saturated heterocycles. The van der Waals surface area contributed by atoms with Gasteiger partial charge in [0.1, 0.15) is 5.75 Å². The maximum Gasteiger partial charge on any atom is 0.270 e. The fourth-order valence-corrected chi connectivity index (χ4v) is 3.38. The number of carbonyl (C=O) groups excluding carboxylic acids is 2. The lowest BCUT2D eigenvalue weighted by molar-refractivity contribution is -0.384. The van der Waals surface area contributed by atoms with E-state index in [-0.39, 0.29) is 29.5 Å². The second-order valence-electron chi connectivity index (χ2n) is 6.51. The van der Waals surface area contributed by atoms with Crippen molar-refractivity contribution in [3.05, 3.63) is 70.0 Å². The SMILES string of the molecule is COc1ccc(NC(=O)CSc2nnc(CNC(=O)c3cccc([N+](=O)[O-])c3)n2C)cc1. The number of ether oxygens (including phenoxy) is 1. The molecule has 0 aliphatic heterocycles. The highest BCUT2D eigenvalue weighted by molar-refractivity contribution is 7.99. The number of hydrogen-bond acceptors (Lipinski definition) is 8. The van der Waals surface area contributed by atoms with Gasteiger partial charge in [-0.3, -0.25) is 19.7 Å². The molecule has 0 fully saturated rings. The molecule has 0 unspecified atom stereocenters. The maximum atomic E-state index is 12.3. The van der Waals surface area contributed by atoms with Crippen LogP contribution in [0, 0.1) is 10.1 Å². The van der Waals surface area contributed by atoms with Crippen LogP contribution in [-0.2, 0) is 18.4 Å². The smallest absolute Gasteiger partial charge is 0.270 e. The van der Waals surface area contributed by atoms with E-state index in [9.17, 15) is 19.7 Å². The zero-order valence-corrected chi connectivity index (χ0v) is 18.1. The molecule has 12 heteroatoms. The number of nitro groups is 1. The zero-order valence-electron chi connectivity index (χ0n) is 17.3. The minimum absolute atomic E-state index is 0.0730. The third-order valence-electron chi connectivity index (χ3n) is 4.36. The molecule has 2 N–H and O–H groups in total. The van der Waals surface area contributed by atoms with E-state index in [0.717, 1.165) is 0 Å². The van der Waals surface area contributed by atoms with Gasteiger partial charge in [0, 0.05) is 30.4 Å². The van der Waals surface area contributed by atoms with Crippen LogP contribution in [0.5, 0.6) is 5.75 Å². The van der Waals surface area contributed by atoms with Gasteiger partial charge in [-0.25, -0.2) is 0 Å². The number of amides is 2. The molecule has 0 radical (unpaired) electrons. The van der Waals surface area contributed by atoms with Crippen LogP contribution in [0.4, 0.5) is 11.4 Å². The molecule has 0 aliphatic rings. The Hall–Kier alpha value is -3.93. The summed E-state index contributed by atoms with van der Waals surface area (Å²) in [7, 11) is 3.29. The molecular weight excluding hydrogens is 436 g/mol. The maximum absolute atomic E-state index is 12.3. The summed E-state index contributed by atoms with van der Waals surface area (Å²) in [4.78, 5) is 34.8. The number of nitro benzene ring substituents is 1. The van der Waals surface area contributed by atoms with Crippen molar-refractivity contribution in [3.63, 3.8) is 0 Å². The van der Waals surface area contributed by atoms with Crippen LogP contribution in [0.25, 0.3) is 0 Å². The first-order chi connectivity index (χ1) is 15.4. The van der Waals surface area contributed by atoms with Crippen molar-refractivity contribution in [3.8, 4) is 5.75 Å². The number of methoxy groups -OCH3 is 1. The van der Waals surface area contributed by atoms with Crippen LogP contribution in [0.15, 0.2) is 53.7 Å². The minimum atomic E-state index is -0.562. The molecule has 32 heavy (non-hydrogen) atoms. The van der Waals surface area contributed by atoms with Crippen LogP contribution in [-0.4, -0.2) is 44.4 Å². The number of carbonyl (C=O) groups is 2. The predicted molar refractivity (Wildman–Crippen MR) is 118 cm³/mol. The Kier molecular flexibility index (Phi) is 7.39. The Morgan fingerprint density at radius 2 is 1.94 bits per heavy atom. The fourth-order valence-electron chi connectivity index (χ4n) is 2.65. The number of aromatic nitrogens is 3. The van der Waals surface area contributed by atoms with Gasteiger partial charge in [-0.05, 0) is 30.3 Å². The zero-order chi connectivity index (χ0) is 23.1. The molecular formula is C20H20N6O5S. The Balaban J connectivity index is 1.52. The van der Waals surface area contributed by atoms with Crippen LogP contribution < -0.4 is 15.4 Å². The van der Waals surface area contributed by atoms with E-state index in [0.29, 0.717) is 22.4 Å². The van der Waals surface area contributed by atoms with Gasteiger partial charge < -0.3 is 19.9 Å². The van der Waals surface area contributed by atoms with Gasteiger partial charge in [-0.1, -0.05) is 17.8 Å². The first-order valence-electron chi connectivity index (χ1n) is 9.35. The average molecular weight is 456 g/mol. The summed E-state index contributed by atoms with van der Waals surface area (Å²) in [6.45, 7) is 0.0730. The van der Waals surface area contributed by atoms with Crippen molar-refractivity contribution in [2.24, 2.45) is 7.05 Å². The summed E-state index contributed by atoms with van der Waals surface area (Å²) in [6, 6.07) is 12.4. The van der Waals surface area contributed by atoms with Gasteiger partial charge in [0.2, 0.25) is 5.91 Å². The van der Waals surface area contributed by atoms with Crippen molar-refractivity contribution in [2.75, 3.05) is 18.2 Å². The van der Waals surface area contributed by atoms with E-state index in [1.54, 1.807) is 43.0 Å².